The molecule has 0 radical (unpaired) electrons. The molecule has 1 aromatic heterocycles. The molecule has 112 valence electrons. The van der Waals surface area contributed by atoms with Crippen molar-refractivity contribution >= 4 is 43.3 Å². The summed E-state index contributed by atoms with van der Waals surface area (Å²) in [4.78, 5) is 13.5. The average molecular weight is 370 g/mol. The molecule has 1 heterocycles. The molecule has 0 unspecified atom stereocenters. The Morgan fingerprint density at radius 3 is 2.81 bits per heavy atom. The molecular weight excluding hydrogens is 353 g/mol. The molecule has 1 saturated carbocycles. The number of hydrogen-bond acceptors (Lipinski definition) is 2. The summed E-state index contributed by atoms with van der Waals surface area (Å²) in [5, 5.41) is 3.94. The summed E-state index contributed by atoms with van der Waals surface area (Å²) in [5.74, 6) is 0.273. The smallest absolute Gasteiger partial charge is 0.261 e. The van der Waals surface area contributed by atoms with Crippen LogP contribution >= 0.6 is 27.3 Å². The van der Waals surface area contributed by atoms with E-state index in [1.54, 1.807) is 6.07 Å². The van der Waals surface area contributed by atoms with Crippen molar-refractivity contribution in [1.82, 2.24) is 5.32 Å². The van der Waals surface area contributed by atoms with Crippen LogP contribution < -0.4 is 5.32 Å². The Kier molecular flexibility index (Phi) is 4.60. The second kappa shape index (κ2) is 6.44. The van der Waals surface area contributed by atoms with Crippen molar-refractivity contribution in [3.05, 3.63) is 35.0 Å². The van der Waals surface area contributed by atoms with Gasteiger partial charge in [0.05, 0.1) is 4.88 Å². The SMILES string of the molecule is O=C(NCC1CCC(Br)CC1)c1cc2ccc(F)cc2s1. The number of carbonyl (C=O) groups is 1. The molecule has 1 aliphatic carbocycles. The number of rotatable bonds is 3. The van der Waals surface area contributed by atoms with Crippen LogP contribution in [0.2, 0.25) is 0 Å². The molecule has 2 nitrogen and oxygen atoms in total. The van der Waals surface area contributed by atoms with Crippen LogP contribution in [0.1, 0.15) is 35.4 Å². The number of halogens is 2. The number of amides is 1. The molecule has 0 aliphatic heterocycles. The monoisotopic (exact) mass is 369 g/mol. The van der Waals surface area contributed by atoms with Crippen LogP contribution in [-0.2, 0) is 0 Å². The highest BCUT2D eigenvalue weighted by Gasteiger charge is 2.20. The van der Waals surface area contributed by atoms with Crippen LogP contribution in [0.15, 0.2) is 24.3 Å². The summed E-state index contributed by atoms with van der Waals surface area (Å²) in [7, 11) is 0. The first-order chi connectivity index (χ1) is 10.1. The third-order valence-corrected chi connectivity index (χ3v) is 6.05. The van der Waals surface area contributed by atoms with Gasteiger partial charge in [0.1, 0.15) is 5.82 Å². The molecular formula is C16H17BrFNOS. The fourth-order valence-corrected chi connectivity index (χ4v) is 4.30. The Morgan fingerprint density at radius 2 is 2.05 bits per heavy atom. The van der Waals surface area contributed by atoms with E-state index in [-0.39, 0.29) is 11.7 Å². The minimum absolute atomic E-state index is 0.0439. The molecule has 1 amide bonds. The number of alkyl halides is 1. The third kappa shape index (κ3) is 3.64. The second-order valence-corrected chi connectivity index (χ2v) is 8.00. The number of benzene rings is 1. The van der Waals surface area contributed by atoms with Gasteiger partial charge in [-0.2, -0.15) is 0 Å². The topological polar surface area (TPSA) is 29.1 Å². The van der Waals surface area contributed by atoms with E-state index in [0.29, 0.717) is 15.6 Å². The largest absolute Gasteiger partial charge is 0.351 e. The first-order valence-electron chi connectivity index (χ1n) is 7.23. The summed E-state index contributed by atoms with van der Waals surface area (Å²) < 4.78 is 14.0. The van der Waals surface area contributed by atoms with Crippen molar-refractivity contribution in [2.24, 2.45) is 5.92 Å². The van der Waals surface area contributed by atoms with Crippen LogP contribution in [0.3, 0.4) is 0 Å². The van der Waals surface area contributed by atoms with Gasteiger partial charge in [0, 0.05) is 16.1 Å². The fraction of sp³-hybridized carbons (Fsp3) is 0.438. The normalized spacial score (nSPS) is 22.4. The van der Waals surface area contributed by atoms with E-state index < -0.39 is 0 Å². The first kappa shape index (κ1) is 15.0. The van der Waals surface area contributed by atoms with Gasteiger partial charge in [-0.15, -0.1) is 11.3 Å². The zero-order valence-corrected chi connectivity index (χ0v) is 14.0. The number of fused-ring (bicyclic) bond motifs is 1. The van der Waals surface area contributed by atoms with Gasteiger partial charge >= 0.3 is 0 Å². The van der Waals surface area contributed by atoms with Gasteiger partial charge in [-0.1, -0.05) is 22.0 Å². The zero-order valence-electron chi connectivity index (χ0n) is 11.6. The lowest BCUT2D eigenvalue weighted by Crippen LogP contribution is -2.30. The molecule has 0 spiro atoms. The van der Waals surface area contributed by atoms with Crippen LogP contribution in [0, 0.1) is 11.7 Å². The van der Waals surface area contributed by atoms with E-state index in [1.807, 2.05) is 6.07 Å². The lowest BCUT2D eigenvalue weighted by atomic mass is 9.89. The molecule has 21 heavy (non-hydrogen) atoms. The van der Waals surface area contributed by atoms with E-state index >= 15 is 0 Å². The fourth-order valence-electron chi connectivity index (χ4n) is 2.77. The molecule has 2 aromatic rings. The number of carbonyl (C=O) groups excluding carboxylic acids is 1. The lowest BCUT2D eigenvalue weighted by Gasteiger charge is -2.25. The standard InChI is InChI=1S/C16H17BrFNOS/c17-12-4-1-10(2-5-12)9-19-16(20)15-7-11-3-6-13(18)8-14(11)21-15/h3,6-8,10,12H,1-2,4-5,9H2,(H,19,20). The van der Waals surface area contributed by atoms with Gasteiger partial charge in [-0.3, -0.25) is 4.79 Å². The Balaban J connectivity index is 1.61. The van der Waals surface area contributed by atoms with E-state index in [2.05, 4.69) is 21.2 Å². The van der Waals surface area contributed by atoms with E-state index in [4.69, 9.17) is 0 Å². The van der Waals surface area contributed by atoms with Crippen LogP contribution in [0.5, 0.6) is 0 Å². The summed E-state index contributed by atoms with van der Waals surface area (Å²) in [6, 6.07) is 6.46. The molecule has 0 saturated heterocycles. The van der Waals surface area contributed by atoms with Crippen LogP contribution in [0.4, 0.5) is 4.39 Å². The maximum absolute atomic E-state index is 13.2. The number of thiophene rings is 1. The molecule has 3 rings (SSSR count). The Hall–Kier alpha value is -0.940. The van der Waals surface area contributed by atoms with Gasteiger partial charge in [0.25, 0.3) is 5.91 Å². The Bertz CT molecular complexity index is 649. The Labute approximate surface area is 135 Å². The molecule has 1 fully saturated rings. The minimum Gasteiger partial charge on any atom is -0.351 e. The van der Waals surface area contributed by atoms with Crippen molar-refractivity contribution in [2.45, 2.75) is 30.5 Å². The van der Waals surface area contributed by atoms with Crippen molar-refractivity contribution in [2.75, 3.05) is 6.54 Å². The number of nitrogens with one attached hydrogen (secondary N) is 1. The van der Waals surface area contributed by atoms with Crippen molar-refractivity contribution in [3.8, 4) is 0 Å². The number of hydrogen-bond donors (Lipinski definition) is 1. The van der Waals surface area contributed by atoms with Gasteiger partial charge in [0.2, 0.25) is 0 Å². The molecule has 1 N–H and O–H groups in total. The summed E-state index contributed by atoms with van der Waals surface area (Å²) in [6.07, 6.45) is 4.69. The van der Waals surface area contributed by atoms with Gasteiger partial charge < -0.3 is 5.32 Å². The quantitative estimate of drug-likeness (QED) is 0.778. The third-order valence-electron chi connectivity index (χ3n) is 4.03. The van der Waals surface area contributed by atoms with Crippen molar-refractivity contribution in [3.63, 3.8) is 0 Å². The highest BCUT2D eigenvalue weighted by atomic mass is 79.9. The Morgan fingerprint density at radius 1 is 1.29 bits per heavy atom. The first-order valence-corrected chi connectivity index (χ1v) is 8.96. The predicted octanol–water partition coefficient (Wildman–Crippen LogP) is 4.72. The van der Waals surface area contributed by atoms with Crippen LogP contribution in [-0.4, -0.2) is 17.3 Å². The van der Waals surface area contributed by atoms with Gasteiger partial charge in [-0.05, 0) is 55.2 Å². The zero-order chi connectivity index (χ0) is 14.8. The summed E-state index contributed by atoms with van der Waals surface area (Å²) in [6.45, 7) is 0.737. The maximum Gasteiger partial charge on any atom is 0.261 e. The highest BCUT2D eigenvalue weighted by molar-refractivity contribution is 9.09. The average Bonchev–Trinajstić information content (AvgIpc) is 2.89. The van der Waals surface area contributed by atoms with E-state index in [9.17, 15) is 9.18 Å². The minimum atomic E-state index is -0.261. The van der Waals surface area contributed by atoms with Crippen LogP contribution in [0.25, 0.3) is 10.1 Å². The van der Waals surface area contributed by atoms with Crippen molar-refractivity contribution in [1.29, 1.82) is 0 Å². The molecule has 0 atom stereocenters. The summed E-state index contributed by atoms with van der Waals surface area (Å²) >= 11 is 4.99. The maximum atomic E-state index is 13.2. The summed E-state index contributed by atoms with van der Waals surface area (Å²) in [5.41, 5.74) is 0. The molecule has 1 aromatic carbocycles. The van der Waals surface area contributed by atoms with Gasteiger partial charge in [-0.25, -0.2) is 4.39 Å². The molecule has 5 heteroatoms. The van der Waals surface area contributed by atoms with E-state index in [1.165, 1.54) is 36.3 Å². The van der Waals surface area contributed by atoms with E-state index in [0.717, 1.165) is 29.5 Å². The second-order valence-electron chi connectivity index (χ2n) is 5.62. The molecule has 1 aliphatic rings. The predicted molar refractivity (Wildman–Crippen MR) is 88.8 cm³/mol. The van der Waals surface area contributed by atoms with Crippen molar-refractivity contribution < 1.29 is 9.18 Å². The highest BCUT2D eigenvalue weighted by Crippen LogP contribution is 2.29. The molecule has 0 bridgehead atoms. The lowest BCUT2D eigenvalue weighted by molar-refractivity contribution is 0.0948. The van der Waals surface area contributed by atoms with Gasteiger partial charge in [0.15, 0.2) is 0 Å².